The number of rotatable bonds is 2. The highest BCUT2D eigenvalue weighted by Crippen LogP contribution is 2.38. The van der Waals surface area contributed by atoms with Crippen LogP contribution in [-0.4, -0.2) is 30.3 Å². The SMILES string of the molecule is CC1COc2cc(Cl)c(CN3OCC(C)(C)C3=O)cc2O1. The monoisotopic (exact) mass is 311 g/mol. The van der Waals surface area contributed by atoms with Crippen LogP contribution in [0.5, 0.6) is 11.5 Å². The maximum absolute atomic E-state index is 12.2. The van der Waals surface area contributed by atoms with E-state index in [1.54, 1.807) is 6.07 Å². The molecule has 114 valence electrons. The van der Waals surface area contributed by atoms with Gasteiger partial charge in [0.15, 0.2) is 11.5 Å². The van der Waals surface area contributed by atoms with E-state index in [-0.39, 0.29) is 12.0 Å². The quantitative estimate of drug-likeness (QED) is 0.842. The molecule has 2 aliphatic rings. The average Bonchev–Trinajstić information content (AvgIpc) is 2.67. The summed E-state index contributed by atoms with van der Waals surface area (Å²) >= 11 is 6.27. The van der Waals surface area contributed by atoms with Gasteiger partial charge in [0.25, 0.3) is 5.91 Å². The number of halogens is 1. The Hall–Kier alpha value is -1.46. The molecule has 0 bridgehead atoms. The summed E-state index contributed by atoms with van der Waals surface area (Å²) in [6.07, 6.45) is -0.00451. The fourth-order valence-electron chi connectivity index (χ4n) is 2.33. The summed E-state index contributed by atoms with van der Waals surface area (Å²) in [5, 5.41) is 1.90. The summed E-state index contributed by atoms with van der Waals surface area (Å²) in [5.74, 6) is 1.25. The van der Waals surface area contributed by atoms with E-state index in [1.807, 2.05) is 26.8 Å². The maximum atomic E-state index is 12.2. The zero-order chi connectivity index (χ0) is 15.2. The Bertz CT molecular complexity index is 587. The van der Waals surface area contributed by atoms with Crippen molar-refractivity contribution >= 4 is 17.5 Å². The Labute approximate surface area is 128 Å². The summed E-state index contributed by atoms with van der Waals surface area (Å²) < 4.78 is 11.3. The van der Waals surface area contributed by atoms with E-state index in [0.29, 0.717) is 36.3 Å². The van der Waals surface area contributed by atoms with Gasteiger partial charge in [-0.05, 0) is 32.4 Å². The second kappa shape index (κ2) is 5.07. The Morgan fingerprint density at radius 1 is 1.38 bits per heavy atom. The van der Waals surface area contributed by atoms with E-state index in [1.165, 1.54) is 5.06 Å². The highest BCUT2D eigenvalue weighted by atomic mass is 35.5. The van der Waals surface area contributed by atoms with Gasteiger partial charge in [-0.3, -0.25) is 9.63 Å². The van der Waals surface area contributed by atoms with Gasteiger partial charge in [-0.1, -0.05) is 11.6 Å². The molecule has 0 saturated carbocycles. The minimum absolute atomic E-state index is 0.00451. The average molecular weight is 312 g/mol. The summed E-state index contributed by atoms with van der Waals surface area (Å²) in [5.41, 5.74) is 0.286. The first-order valence-corrected chi connectivity index (χ1v) is 7.31. The lowest BCUT2D eigenvalue weighted by Gasteiger charge is -2.25. The lowest BCUT2D eigenvalue weighted by Crippen LogP contribution is -2.30. The molecule has 0 aliphatic carbocycles. The van der Waals surface area contributed by atoms with Crippen LogP contribution in [0.1, 0.15) is 26.3 Å². The van der Waals surface area contributed by atoms with Crippen molar-refractivity contribution in [2.45, 2.75) is 33.4 Å². The first kappa shape index (κ1) is 14.5. The molecule has 6 heteroatoms. The number of hydrogen-bond acceptors (Lipinski definition) is 4. The zero-order valence-corrected chi connectivity index (χ0v) is 13.1. The number of carbonyl (C=O) groups excluding carboxylic acids is 1. The molecule has 2 heterocycles. The van der Waals surface area contributed by atoms with Crippen molar-refractivity contribution in [3.8, 4) is 11.5 Å². The number of fused-ring (bicyclic) bond motifs is 1. The molecule has 3 rings (SSSR count). The van der Waals surface area contributed by atoms with Crippen molar-refractivity contribution in [3.63, 3.8) is 0 Å². The first-order chi connectivity index (χ1) is 9.87. The van der Waals surface area contributed by atoms with Gasteiger partial charge in [0.2, 0.25) is 0 Å². The predicted octanol–water partition coefficient (Wildman–Crippen LogP) is 2.80. The van der Waals surface area contributed by atoms with Crippen LogP contribution in [0.3, 0.4) is 0 Å². The summed E-state index contributed by atoms with van der Waals surface area (Å²) in [7, 11) is 0. The third-order valence-corrected chi connectivity index (χ3v) is 3.97. The van der Waals surface area contributed by atoms with Crippen LogP contribution in [0, 0.1) is 5.41 Å². The van der Waals surface area contributed by atoms with Crippen molar-refractivity contribution in [1.82, 2.24) is 5.06 Å². The van der Waals surface area contributed by atoms with E-state index in [0.717, 1.165) is 5.56 Å². The van der Waals surface area contributed by atoms with E-state index in [2.05, 4.69) is 0 Å². The van der Waals surface area contributed by atoms with Crippen LogP contribution in [0.2, 0.25) is 5.02 Å². The van der Waals surface area contributed by atoms with Gasteiger partial charge in [0.05, 0.1) is 18.6 Å². The lowest BCUT2D eigenvalue weighted by atomic mass is 9.95. The zero-order valence-electron chi connectivity index (χ0n) is 12.3. The van der Waals surface area contributed by atoms with Crippen molar-refractivity contribution in [1.29, 1.82) is 0 Å². The Morgan fingerprint density at radius 3 is 2.81 bits per heavy atom. The molecule has 0 radical (unpaired) electrons. The lowest BCUT2D eigenvalue weighted by molar-refractivity contribution is -0.165. The molecule has 21 heavy (non-hydrogen) atoms. The van der Waals surface area contributed by atoms with Crippen molar-refractivity contribution in [2.75, 3.05) is 13.2 Å². The highest BCUT2D eigenvalue weighted by Gasteiger charge is 2.40. The normalized spacial score (nSPS) is 23.5. The van der Waals surface area contributed by atoms with Crippen molar-refractivity contribution < 1.29 is 19.1 Å². The predicted molar refractivity (Wildman–Crippen MR) is 77.3 cm³/mol. The molecule has 0 aromatic heterocycles. The van der Waals surface area contributed by atoms with Gasteiger partial charge < -0.3 is 9.47 Å². The largest absolute Gasteiger partial charge is 0.486 e. The summed E-state index contributed by atoms with van der Waals surface area (Å²) in [6, 6.07) is 3.54. The second-order valence-corrected chi connectivity index (χ2v) is 6.54. The molecular formula is C15H18ClNO4. The van der Waals surface area contributed by atoms with Crippen molar-refractivity contribution in [2.24, 2.45) is 5.41 Å². The smallest absolute Gasteiger partial charge is 0.254 e. The number of hydrogen-bond donors (Lipinski definition) is 0. The minimum Gasteiger partial charge on any atom is -0.486 e. The van der Waals surface area contributed by atoms with Crippen LogP contribution in [0.25, 0.3) is 0 Å². The highest BCUT2D eigenvalue weighted by molar-refractivity contribution is 6.31. The molecule has 1 unspecified atom stereocenters. The molecule has 1 aromatic carbocycles. The van der Waals surface area contributed by atoms with Crippen LogP contribution in [0.4, 0.5) is 0 Å². The summed E-state index contributed by atoms with van der Waals surface area (Å²) in [4.78, 5) is 17.6. The van der Waals surface area contributed by atoms with Gasteiger partial charge in [0, 0.05) is 11.1 Å². The van der Waals surface area contributed by atoms with Crippen LogP contribution in [-0.2, 0) is 16.2 Å². The number of ether oxygens (including phenoxy) is 2. The second-order valence-electron chi connectivity index (χ2n) is 6.13. The molecule has 1 atom stereocenters. The molecule has 1 saturated heterocycles. The number of hydroxylamine groups is 2. The first-order valence-electron chi connectivity index (χ1n) is 6.93. The van der Waals surface area contributed by atoms with Crippen LogP contribution >= 0.6 is 11.6 Å². The number of amides is 1. The van der Waals surface area contributed by atoms with Gasteiger partial charge in [-0.25, -0.2) is 5.06 Å². The third-order valence-electron chi connectivity index (χ3n) is 3.62. The molecular weight excluding hydrogens is 294 g/mol. The number of carbonyl (C=O) groups is 1. The number of nitrogens with zero attached hydrogens (tertiary/aromatic N) is 1. The van der Waals surface area contributed by atoms with E-state index in [9.17, 15) is 4.79 Å². The third kappa shape index (κ3) is 2.68. The topological polar surface area (TPSA) is 48.0 Å². The molecule has 5 nitrogen and oxygen atoms in total. The van der Waals surface area contributed by atoms with E-state index >= 15 is 0 Å². The molecule has 0 N–H and O–H groups in total. The molecule has 1 amide bonds. The van der Waals surface area contributed by atoms with E-state index < -0.39 is 5.41 Å². The molecule has 0 spiro atoms. The Kier molecular flexibility index (Phi) is 3.50. The van der Waals surface area contributed by atoms with Gasteiger partial charge in [0.1, 0.15) is 12.7 Å². The Morgan fingerprint density at radius 2 is 2.14 bits per heavy atom. The number of benzene rings is 1. The van der Waals surface area contributed by atoms with Gasteiger partial charge in [-0.2, -0.15) is 0 Å². The van der Waals surface area contributed by atoms with Crippen molar-refractivity contribution in [3.05, 3.63) is 22.7 Å². The van der Waals surface area contributed by atoms with Gasteiger partial charge >= 0.3 is 0 Å². The fourth-order valence-corrected chi connectivity index (χ4v) is 2.54. The standard InChI is InChI=1S/C15H18ClNO4/c1-9-7-19-12-5-11(16)10(4-13(12)21-9)6-17-14(18)15(2,3)8-20-17/h4-5,9H,6-8H2,1-3H3. The molecule has 1 fully saturated rings. The fraction of sp³-hybridized carbons (Fsp3) is 0.533. The van der Waals surface area contributed by atoms with Crippen LogP contribution < -0.4 is 9.47 Å². The van der Waals surface area contributed by atoms with Gasteiger partial charge in [-0.15, -0.1) is 0 Å². The maximum Gasteiger partial charge on any atom is 0.254 e. The molecule has 1 aromatic rings. The molecule has 2 aliphatic heterocycles. The van der Waals surface area contributed by atoms with Crippen LogP contribution in [0.15, 0.2) is 12.1 Å². The minimum atomic E-state index is -0.491. The Balaban J connectivity index is 1.83. The van der Waals surface area contributed by atoms with E-state index in [4.69, 9.17) is 25.9 Å². The summed E-state index contributed by atoms with van der Waals surface area (Å²) in [6.45, 7) is 6.85.